The molecule has 0 unspecified atom stereocenters. The minimum absolute atomic E-state index is 0.0167. The predicted molar refractivity (Wildman–Crippen MR) is 110 cm³/mol. The van der Waals surface area contributed by atoms with E-state index in [0.29, 0.717) is 5.56 Å². The van der Waals surface area contributed by atoms with Crippen LogP contribution >= 0.6 is 0 Å². The molecule has 0 spiro atoms. The molecule has 0 aliphatic heterocycles. The maximum absolute atomic E-state index is 12.1. The van der Waals surface area contributed by atoms with Crippen LogP contribution in [0.5, 0.6) is 5.75 Å². The molecule has 1 aliphatic rings. The largest absolute Gasteiger partial charge is 0.507 e. The van der Waals surface area contributed by atoms with Gasteiger partial charge >= 0.3 is 0 Å². The monoisotopic (exact) mass is 350 g/mol. The Bertz CT molecular complexity index is 1030. The lowest BCUT2D eigenvalue weighted by Gasteiger charge is -2.14. The van der Waals surface area contributed by atoms with Crippen LogP contribution in [0.25, 0.3) is 11.1 Å². The highest BCUT2D eigenvalue weighted by atomic mass is 16.3. The van der Waals surface area contributed by atoms with Crippen LogP contribution in [-0.4, -0.2) is 10.9 Å². The Hall–Kier alpha value is -3.65. The molecule has 0 fully saturated rings. The van der Waals surface area contributed by atoms with E-state index in [2.05, 4.69) is 30.3 Å². The molecule has 3 aromatic carbocycles. The lowest BCUT2D eigenvalue weighted by Crippen LogP contribution is -2.05. The fraction of sp³-hybridized carbons (Fsp3) is 0. The van der Waals surface area contributed by atoms with E-state index in [0.717, 1.165) is 27.8 Å². The molecular weight excluding hydrogens is 332 g/mol. The van der Waals surface area contributed by atoms with Gasteiger partial charge in [0.25, 0.3) is 0 Å². The number of hydrogen-bond donors (Lipinski definition) is 1. The number of carbonyl (C=O) groups is 1. The molecule has 0 aromatic heterocycles. The number of aromatic hydroxyl groups is 1. The van der Waals surface area contributed by atoms with Gasteiger partial charge in [0.2, 0.25) is 0 Å². The predicted octanol–water partition coefficient (Wildman–Crippen LogP) is 5.66. The van der Waals surface area contributed by atoms with Gasteiger partial charge in [-0.25, -0.2) is 0 Å². The van der Waals surface area contributed by atoms with Crippen LogP contribution in [-0.2, 0) is 0 Å². The van der Waals surface area contributed by atoms with Gasteiger partial charge < -0.3 is 5.11 Å². The van der Waals surface area contributed by atoms with Crippen molar-refractivity contribution in [1.82, 2.24) is 0 Å². The molecule has 3 aromatic rings. The summed E-state index contributed by atoms with van der Waals surface area (Å²) >= 11 is 0. The van der Waals surface area contributed by atoms with Crippen molar-refractivity contribution in [2.45, 2.75) is 0 Å². The second-order valence-corrected chi connectivity index (χ2v) is 6.33. The summed E-state index contributed by atoms with van der Waals surface area (Å²) < 4.78 is 0. The highest BCUT2D eigenvalue weighted by Gasteiger charge is 2.19. The van der Waals surface area contributed by atoms with Gasteiger partial charge in [0.1, 0.15) is 5.75 Å². The average molecular weight is 350 g/mol. The Morgan fingerprint density at radius 1 is 0.741 bits per heavy atom. The van der Waals surface area contributed by atoms with E-state index < -0.39 is 0 Å². The normalized spacial score (nSPS) is 14.1. The summed E-state index contributed by atoms with van der Waals surface area (Å²) in [7, 11) is 0. The van der Waals surface area contributed by atoms with Crippen LogP contribution in [0.2, 0.25) is 0 Å². The Kier molecular flexibility index (Phi) is 4.54. The molecule has 4 rings (SSSR count). The van der Waals surface area contributed by atoms with Gasteiger partial charge in [0.15, 0.2) is 5.78 Å². The maximum atomic E-state index is 12.1. The first kappa shape index (κ1) is 16.8. The minimum Gasteiger partial charge on any atom is -0.507 e. The summed E-state index contributed by atoms with van der Waals surface area (Å²) in [6.45, 7) is 0. The molecular formula is C25H18O2. The van der Waals surface area contributed by atoms with Crippen molar-refractivity contribution < 1.29 is 9.90 Å². The third kappa shape index (κ3) is 3.38. The number of ketones is 1. The molecule has 0 amide bonds. The smallest absolute Gasteiger partial charge is 0.190 e. The quantitative estimate of drug-likeness (QED) is 0.662. The fourth-order valence-electron chi connectivity index (χ4n) is 3.29. The molecule has 2 heteroatoms. The van der Waals surface area contributed by atoms with Crippen LogP contribution in [0.1, 0.15) is 27.0 Å². The highest BCUT2D eigenvalue weighted by molar-refractivity contribution is 6.14. The number of benzene rings is 3. The van der Waals surface area contributed by atoms with Crippen molar-refractivity contribution in [2.75, 3.05) is 0 Å². The number of phenols is 1. The Labute approximate surface area is 158 Å². The van der Waals surface area contributed by atoms with Crippen molar-refractivity contribution in [3.05, 3.63) is 125 Å². The van der Waals surface area contributed by atoms with Crippen LogP contribution < -0.4 is 0 Å². The SMILES string of the molecule is O=C1C=C/C(=C\C=C(c2ccccc2)c2ccccc2)c2cccc(O)c21. The molecule has 2 nitrogen and oxygen atoms in total. The topological polar surface area (TPSA) is 37.3 Å². The number of phenolic OH excluding ortho intramolecular Hbond substituents is 1. The van der Waals surface area contributed by atoms with Crippen LogP contribution in [0.3, 0.4) is 0 Å². The molecule has 1 aliphatic carbocycles. The number of allylic oxidation sites excluding steroid dienone is 5. The highest BCUT2D eigenvalue weighted by Crippen LogP contribution is 2.32. The van der Waals surface area contributed by atoms with Crippen LogP contribution in [0.15, 0.2) is 103 Å². The lowest BCUT2D eigenvalue weighted by molar-refractivity contribution is 0.104. The zero-order chi connectivity index (χ0) is 18.6. The molecule has 0 atom stereocenters. The van der Waals surface area contributed by atoms with E-state index in [1.807, 2.05) is 48.5 Å². The van der Waals surface area contributed by atoms with Crippen molar-refractivity contribution in [2.24, 2.45) is 0 Å². The van der Waals surface area contributed by atoms with Gasteiger partial charge in [-0.1, -0.05) is 91.0 Å². The Balaban J connectivity index is 1.84. The molecule has 1 N–H and O–H groups in total. The lowest BCUT2D eigenvalue weighted by atomic mass is 9.90. The number of fused-ring (bicyclic) bond motifs is 1. The Morgan fingerprint density at radius 2 is 1.37 bits per heavy atom. The fourth-order valence-corrected chi connectivity index (χ4v) is 3.29. The molecule has 130 valence electrons. The van der Waals surface area contributed by atoms with Crippen molar-refractivity contribution in [1.29, 1.82) is 0 Å². The number of rotatable bonds is 3. The third-order valence-corrected chi connectivity index (χ3v) is 4.61. The summed E-state index contributed by atoms with van der Waals surface area (Å²) in [5, 5.41) is 10.1. The summed E-state index contributed by atoms with van der Waals surface area (Å²) in [5.41, 5.74) is 5.33. The van der Waals surface area contributed by atoms with E-state index >= 15 is 0 Å². The van der Waals surface area contributed by atoms with Crippen molar-refractivity contribution >= 4 is 16.9 Å². The van der Waals surface area contributed by atoms with Gasteiger partial charge in [-0.3, -0.25) is 4.79 Å². The summed E-state index contributed by atoms with van der Waals surface area (Å²) in [5.74, 6) is -0.154. The van der Waals surface area contributed by atoms with E-state index in [1.165, 1.54) is 6.08 Å². The molecule has 0 radical (unpaired) electrons. The summed E-state index contributed by atoms with van der Waals surface area (Å²) in [4.78, 5) is 12.1. The number of hydrogen-bond acceptors (Lipinski definition) is 2. The Morgan fingerprint density at radius 3 is 2.00 bits per heavy atom. The van der Waals surface area contributed by atoms with Crippen molar-refractivity contribution in [3.8, 4) is 5.75 Å². The standard InChI is InChI=1S/C25H18O2/c26-23-13-7-12-22-20(15-17-24(27)25(22)23)14-16-21(18-8-3-1-4-9-18)19-10-5-2-6-11-19/h1-17,26H/b20-14+. The zero-order valence-corrected chi connectivity index (χ0v) is 14.7. The van der Waals surface area contributed by atoms with E-state index in [9.17, 15) is 9.90 Å². The second-order valence-electron chi connectivity index (χ2n) is 6.33. The third-order valence-electron chi connectivity index (χ3n) is 4.61. The first-order valence-electron chi connectivity index (χ1n) is 8.81. The van der Waals surface area contributed by atoms with Gasteiger partial charge in [0, 0.05) is 0 Å². The zero-order valence-electron chi connectivity index (χ0n) is 14.7. The van der Waals surface area contributed by atoms with Gasteiger partial charge in [-0.15, -0.1) is 0 Å². The van der Waals surface area contributed by atoms with Gasteiger partial charge in [-0.05, 0) is 40.0 Å². The average Bonchev–Trinajstić information content (AvgIpc) is 2.71. The molecule has 0 saturated carbocycles. The van der Waals surface area contributed by atoms with Crippen LogP contribution in [0, 0.1) is 0 Å². The molecule has 0 bridgehead atoms. The molecule has 0 saturated heterocycles. The summed E-state index contributed by atoms with van der Waals surface area (Å²) in [6.07, 6.45) is 7.37. The van der Waals surface area contributed by atoms with Crippen LogP contribution in [0.4, 0.5) is 0 Å². The van der Waals surface area contributed by atoms with E-state index in [4.69, 9.17) is 0 Å². The molecule has 0 heterocycles. The van der Waals surface area contributed by atoms with E-state index in [-0.39, 0.29) is 11.5 Å². The van der Waals surface area contributed by atoms with Gasteiger partial charge in [-0.2, -0.15) is 0 Å². The first-order chi connectivity index (χ1) is 13.2. The molecule has 27 heavy (non-hydrogen) atoms. The van der Waals surface area contributed by atoms with Crippen molar-refractivity contribution in [3.63, 3.8) is 0 Å². The minimum atomic E-state index is -0.171. The second kappa shape index (κ2) is 7.30. The number of carbonyl (C=O) groups excluding carboxylic acids is 1. The van der Waals surface area contributed by atoms with Gasteiger partial charge in [0.05, 0.1) is 5.56 Å². The summed E-state index contributed by atoms with van der Waals surface area (Å²) in [6, 6.07) is 25.6. The first-order valence-corrected chi connectivity index (χ1v) is 8.81. The maximum Gasteiger partial charge on any atom is 0.190 e. The van der Waals surface area contributed by atoms with E-state index in [1.54, 1.807) is 18.2 Å².